The SMILES string of the molecule is C=C(C)/C=C\C(=C\C)c1ccc(F)cc1. The Labute approximate surface area is 90.4 Å². The summed E-state index contributed by atoms with van der Waals surface area (Å²) in [5, 5.41) is 0. The van der Waals surface area contributed by atoms with Gasteiger partial charge in [-0.3, -0.25) is 0 Å². The molecule has 0 atom stereocenters. The van der Waals surface area contributed by atoms with Crippen molar-refractivity contribution in [3.63, 3.8) is 0 Å². The highest BCUT2D eigenvalue weighted by Crippen LogP contribution is 2.16. The summed E-state index contributed by atoms with van der Waals surface area (Å²) in [6.07, 6.45) is 5.92. The fourth-order valence-corrected chi connectivity index (χ4v) is 1.23. The van der Waals surface area contributed by atoms with Gasteiger partial charge in [0.2, 0.25) is 0 Å². The molecule has 0 N–H and O–H groups in total. The molecule has 0 fully saturated rings. The minimum absolute atomic E-state index is 0.210. The maximum atomic E-state index is 12.7. The van der Waals surface area contributed by atoms with Crippen LogP contribution in [-0.4, -0.2) is 0 Å². The van der Waals surface area contributed by atoms with E-state index in [9.17, 15) is 4.39 Å². The zero-order chi connectivity index (χ0) is 11.3. The Morgan fingerprint density at radius 3 is 2.27 bits per heavy atom. The summed E-state index contributed by atoms with van der Waals surface area (Å²) in [5.74, 6) is -0.210. The highest BCUT2D eigenvalue weighted by molar-refractivity contribution is 5.74. The molecule has 0 aliphatic rings. The van der Waals surface area contributed by atoms with Crippen molar-refractivity contribution in [2.45, 2.75) is 13.8 Å². The normalized spacial score (nSPS) is 12.1. The van der Waals surface area contributed by atoms with E-state index >= 15 is 0 Å². The second-order valence-corrected chi connectivity index (χ2v) is 3.43. The largest absolute Gasteiger partial charge is 0.207 e. The summed E-state index contributed by atoms with van der Waals surface area (Å²) in [6, 6.07) is 6.47. The first kappa shape index (κ1) is 11.4. The predicted molar refractivity (Wildman–Crippen MR) is 64.0 cm³/mol. The highest BCUT2D eigenvalue weighted by Gasteiger charge is 1.96. The van der Waals surface area contributed by atoms with Crippen LogP contribution in [0.3, 0.4) is 0 Å². The zero-order valence-electron chi connectivity index (χ0n) is 9.13. The van der Waals surface area contributed by atoms with E-state index in [0.717, 1.165) is 16.7 Å². The topological polar surface area (TPSA) is 0 Å². The first-order chi connectivity index (χ1) is 7.13. The second-order valence-electron chi connectivity index (χ2n) is 3.43. The van der Waals surface area contributed by atoms with Crippen LogP contribution < -0.4 is 0 Å². The van der Waals surface area contributed by atoms with Crippen molar-refractivity contribution in [2.24, 2.45) is 0 Å². The molecule has 0 bridgehead atoms. The molecule has 0 amide bonds. The van der Waals surface area contributed by atoms with Gasteiger partial charge < -0.3 is 0 Å². The van der Waals surface area contributed by atoms with Crippen molar-refractivity contribution in [1.29, 1.82) is 0 Å². The summed E-state index contributed by atoms with van der Waals surface area (Å²) < 4.78 is 12.7. The molecule has 0 saturated heterocycles. The van der Waals surface area contributed by atoms with Crippen molar-refractivity contribution in [3.05, 3.63) is 66.0 Å². The van der Waals surface area contributed by atoms with Crippen molar-refractivity contribution < 1.29 is 4.39 Å². The molecule has 15 heavy (non-hydrogen) atoms. The van der Waals surface area contributed by atoms with Gasteiger partial charge in [0, 0.05) is 0 Å². The van der Waals surface area contributed by atoms with Gasteiger partial charge in [0.15, 0.2) is 0 Å². The minimum atomic E-state index is -0.210. The first-order valence-electron chi connectivity index (χ1n) is 4.89. The van der Waals surface area contributed by atoms with Crippen LogP contribution in [0.4, 0.5) is 4.39 Å². The molecule has 0 aliphatic heterocycles. The minimum Gasteiger partial charge on any atom is -0.207 e. The Morgan fingerprint density at radius 2 is 1.80 bits per heavy atom. The van der Waals surface area contributed by atoms with E-state index in [1.807, 2.05) is 32.1 Å². The number of allylic oxidation sites excluding steroid dienone is 5. The monoisotopic (exact) mass is 202 g/mol. The maximum Gasteiger partial charge on any atom is 0.123 e. The van der Waals surface area contributed by atoms with Crippen LogP contribution in [0.2, 0.25) is 0 Å². The second kappa shape index (κ2) is 5.30. The van der Waals surface area contributed by atoms with Crippen LogP contribution in [0, 0.1) is 5.82 Å². The molecule has 1 aromatic carbocycles. The molecule has 78 valence electrons. The number of halogens is 1. The number of benzene rings is 1. The fourth-order valence-electron chi connectivity index (χ4n) is 1.23. The standard InChI is InChI=1S/C14H15F/c1-4-12(6-5-11(2)3)13-7-9-14(15)10-8-13/h4-10H,2H2,1,3H3/b6-5-,12-4-. The molecule has 0 heterocycles. The van der Waals surface area contributed by atoms with Crippen LogP contribution >= 0.6 is 0 Å². The molecular formula is C14H15F. The van der Waals surface area contributed by atoms with Crippen LogP contribution in [0.1, 0.15) is 19.4 Å². The Bertz CT molecular complexity index is 394. The number of hydrogen-bond donors (Lipinski definition) is 0. The van der Waals surface area contributed by atoms with Crippen LogP contribution in [-0.2, 0) is 0 Å². The first-order valence-corrected chi connectivity index (χ1v) is 4.89. The molecule has 0 aromatic heterocycles. The average molecular weight is 202 g/mol. The lowest BCUT2D eigenvalue weighted by Gasteiger charge is -2.01. The highest BCUT2D eigenvalue weighted by atomic mass is 19.1. The van der Waals surface area contributed by atoms with E-state index in [1.165, 1.54) is 12.1 Å². The van der Waals surface area contributed by atoms with Gasteiger partial charge in [-0.1, -0.05) is 42.5 Å². The Kier molecular flexibility index (Phi) is 4.04. The van der Waals surface area contributed by atoms with Gasteiger partial charge in [-0.15, -0.1) is 0 Å². The molecule has 0 nitrogen and oxygen atoms in total. The Hall–Kier alpha value is -1.63. The van der Waals surface area contributed by atoms with Crippen molar-refractivity contribution in [3.8, 4) is 0 Å². The van der Waals surface area contributed by atoms with Gasteiger partial charge in [0.25, 0.3) is 0 Å². The lowest BCUT2D eigenvalue weighted by Crippen LogP contribution is -1.81. The van der Waals surface area contributed by atoms with Gasteiger partial charge in [0.1, 0.15) is 5.82 Å². The van der Waals surface area contributed by atoms with E-state index in [-0.39, 0.29) is 5.82 Å². The molecule has 0 saturated carbocycles. The summed E-state index contributed by atoms with van der Waals surface area (Å²) in [6.45, 7) is 7.69. The molecule has 0 unspecified atom stereocenters. The molecule has 0 spiro atoms. The lowest BCUT2D eigenvalue weighted by molar-refractivity contribution is 0.627. The van der Waals surface area contributed by atoms with Crippen LogP contribution in [0.25, 0.3) is 5.57 Å². The molecular weight excluding hydrogens is 187 g/mol. The fraction of sp³-hybridized carbons (Fsp3) is 0.143. The summed E-state index contributed by atoms with van der Waals surface area (Å²) in [5.41, 5.74) is 3.07. The van der Waals surface area contributed by atoms with E-state index in [2.05, 4.69) is 6.58 Å². The predicted octanol–water partition coefficient (Wildman–Crippen LogP) is 4.36. The lowest BCUT2D eigenvalue weighted by atomic mass is 10.0. The van der Waals surface area contributed by atoms with Gasteiger partial charge in [-0.25, -0.2) is 4.39 Å². The summed E-state index contributed by atoms with van der Waals surface area (Å²) >= 11 is 0. The van der Waals surface area contributed by atoms with E-state index < -0.39 is 0 Å². The Morgan fingerprint density at radius 1 is 1.20 bits per heavy atom. The van der Waals surface area contributed by atoms with Gasteiger partial charge in [-0.2, -0.15) is 0 Å². The Balaban J connectivity index is 2.94. The van der Waals surface area contributed by atoms with Gasteiger partial charge in [0.05, 0.1) is 0 Å². The quantitative estimate of drug-likeness (QED) is 0.639. The molecule has 1 aromatic rings. The molecule has 1 heteroatoms. The summed E-state index contributed by atoms with van der Waals surface area (Å²) in [7, 11) is 0. The number of rotatable bonds is 3. The van der Waals surface area contributed by atoms with Crippen molar-refractivity contribution in [2.75, 3.05) is 0 Å². The van der Waals surface area contributed by atoms with Crippen LogP contribution in [0.5, 0.6) is 0 Å². The van der Waals surface area contributed by atoms with Gasteiger partial charge >= 0.3 is 0 Å². The average Bonchev–Trinajstić information content (AvgIpc) is 2.21. The van der Waals surface area contributed by atoms with E-state index in [4.69, 9.17) is 0 Å². The molecule has 0 aliphatic carbocycles. The maximum absolute atomic E-state index is 12.7. The smallest absolute Gasteiger partial charge is 0.123 e. The van der Waals surface area contributed by atoms with Crippen LogP contribution in [0.15, 0.2) is 54.6 Å². The molecule has 0 radical (unpaired) electrons. The van der Waals surface area contributed by atoms with Gasteiger partial charge in [-0.05, 0) is 37.1 Å². The third kappa shape index (κ3) is 3.55. The zero-order valence-corrected chi connectivity index (χ0v) is 9.13. The number of hydrogen-bond acceptors (Lipinski definition) is 0. The third-order valence-corrected chi connectivity index (χ3v) is 2.04. The summed E-state index contributed by atoms with van der Waals surface area (Å²) in [4.78, 5) is 0. The molecule has 1 rings (SSSR count). The van der Waals surface area contributed by atoms with Crippen molar-refractivity contribution >= 4 is 5.57 Å². The van der Waals surface area contributed by atoms with E-state index in [0.29, 0.717) is 0 Å². The third-order valence-electron chi connectivity index (χ3n) is 2.04. The van der Waals surface area contributed by atoms with Crippen molar-refractivity contribution in [1.82, 2.24) is 0 Å². The van der Waals surface area contributed by atoms with E-state index in [1.54, 1.807) is 12.1 Å².